The normalized spacial score (nSPS) is 10.9. The minimum atomic E-state index is -3.75. The molecule has 31 heavy (non-hydrogen) atoms. The van der Waals surface area contributed by atoms with Crippen LogP contribution in [0.15, 0.2) is 96.4 Å². The molecule has 1 N–H and O–H groups in total. The highest BCUT2D eigenvalue weighted by molar-refractivity contribution is 7.92. The van der Waals surface area contributed by atoms with Crippen LogP contribution in [0, 0.1) is 0 Å². The van der Waals surface area contributed by atoms with Gasteiger partial charge >= 0.3 is 0 Å². The number of anilines is 1. The summed E-state index contributed by atoms with van der Waals surface area (Å²) in [4.78, 5) is 12.7. The van der Waals surface area contributed by atoms with Gasteiger partial charge in [-0.25, -0.2) is 8.42 Å². The number of nitrogens with zero attached hydrogens (tertiary/aromatic N) is 1. The lowest BCUT2D eigenvalue weighted by atomic mass is 10.1. The molecule has 0 bridgehead atoms. The van der Waals surface area contributed by atoms with Gasteiger partial charge in [0.25, 0.3) is 15.9 Å². The number of nitrogens with one attached hydrogen (secondary N) is 1. The second-order valence-corrected chi connectivity index (χ2v) is 8.58. The largest absolute Gasteiger partial charge is 0.497 e. The average Bonchev–Trinajstić information content (AvgIpc) is 2.81. The van der Waals surface area contributed by atoms with E-state index in [1.807, 2.05) is 24.3 Å². The van der Waals surface area contributed by atoms with Crippen LogP contribution in [0.2, 0.25) is 0 Å². The van der Waals surface area contributed by atoms with E-state index in [1.54, 1.807) is 61.7 Å². The first-order chi connectivity index (χ1) is 15.0. The zero-order valence-corrected chi connectivity index (χ0v) is 18.0. The standard InChI is InChI=1S/C24H24N2O4S/c1-3-16-26(31(28,29)23-10-5-4-6-11-23)21-14-12-20(13-15-21)24(27)25-18-19-8-7-9-22(17-19)30-2/h3-15,17H,1,16,18H2,2H3,(H,25,27). The SMILES string of the molecule is C=CCN(c1ccc(C(=O)NCc2cccc(OC)c2)cc1)S(=O)(=O)c1ccccc1. The molecule has 0 aliphatic heterocycles. The van der Waals surface area contributed by atoms with Gasteiger partial charge in [0, 0.05) is 12.1 Å². The van der Waals surface area contributed by atoms with E-state index in [1.165, 1.54) is 10.4 Å². The van der Waals surface area contributed by atoms with E-state index < -0.39 is 10.0 Å². The first-order valence-corrected chi connectivity index (χ1v) is 11.1. The molecule has 0 unspecified atom stereocenters. The molecule has 1 amide bonds. The van der Waals surface area contributed by atoms with E-state index >= 15 is 0 Å². The van der Waals surface area contributed by atoms with Crippen molar-refractivity contribution in [3.63, 3.8) is 0 Å². The molecule has 6 nitrogen and oxygen atoms in total. The number of carbonyl (C=O) groups excluding carboxylic acids is 1. The summed E-state index contributed by atoms with van der Waals surface area (Å²) in [5.74, 6) is 0.466. The topological polar surface area (TPSA) is 75.7 Å². The van der Waals surface area contributed by atoms with Crippen molar-refractivity contribution in [3.8, 4) is 5.75 Å². The van der Waals surface area contributed by atoms with Crippen LogP contribution >= 0.6 is 0 Å². The molecule has 7 heteroatoms. The van der Waals surface area contributed by atoms with Gasteiger partial charge in [-0.2, -0.15) is 0 Å². The maximum atomic E-state index is 13.0. The molecule has 3 aromatic rings. The van der Waals surface area contributed by atoms with Gasteiger partial charge in [-0.15, -0.1) is 6.58 Å². The number of rotatable bonds is 9. The van der Waals surface area contributed by atoms with E-state index in [0.717, 1.165) is 11.3 Å². The molecule has 0 heterocycles. The molecule has 0 aliphatic carbocycles. The smallest absolute Gasteiger partial charge is 0.264 e. The quantitative estimate of drug-likeness (QED) is 0.515. The van der Waals surface area contributed by atoms with Crippen molar-refractivity contribution in [1.82, 2.24) is 5.32 Å². The third-order valence-electron chi connectivity index (χ3n) is 4.63. The number of amides is 1. The summed E-state index contributed by atoms with van der Waals surface area (Å²) in [7, 11) is -2.16. The summed E-state index contributed by atoms with van der Waals surface area (Å²) in [6.45, 7) is 4.12. The minimum absolute atomic E-state index is 0.110. The third kappa shape index (κ3) is 5.32. The summed E-state index contributed by atoms with van der Waals surface area (Å²) in [5, 5.41) is 2.85. The fourth-order valence-electron chi connectivity index (χ4n) is 3.03. The molecular formula is C24H24N2O4S. The van der Waals surface area contributed by atoms with E-state index in [9.17, 15) is 13.2 Å². The molecular weight excluding hydrogens is 412 g/mol. The lowest BCUT2D eigenvalue weighted by molar-refractivity contribution is 0.0951. The maximum absolute atomic E-state index is 13.0. The van der Waals surface area contributed by atoms with Crippen LogP contribution in [0.1, 0.15) is 15.9 Å². The Kier molecular flexibility index (Phi) is 7.10. The Morgan fingerprint density at radius 1 is 1.03 bits per heavy atom. The van der Waals surface area contributed by atoms with Crippen LogP contribution < -0.4 is 14.4 Å². The van der Waals surface area contributed by atoms with Gasteiger partial charge in [0.15, 0.2) is 0 Å². The molecule has 3 rings (SSSR count). The van der Waals surface area contributed by atoms with Gasteiger partial charge < -0.3 is 10.1 Å². The zero-order valence-electron chi connectivity index (χ0n) is 17.2. The highest BCUT2D eigenvalue weighted by atomic mass is 32.2. The molecule has 0 radical (unpaired) electrons. The predicted molar refractivity (Wildman–Crippen MR) is 122 cm³/mol. The van der Waals surface area contributed by atoms with E-state index in [2.05, 4.69) is 11.9 Å². The first kappa shape index (κ1) is 22.1. The fourth-order valence-corrected chi connectivity index (χ4v) is 4.48. The van der Waals surface area contributed by atoms with Gasteiger partial charge in [0.1, 0.15) is 5.75 Å². The molecule has 0 fully saturated rings. The number of carbonyl (C=O) groups is 1. The Balaban J connectivity index is 1.75. The fraction of sp³-hybridized carbons (Fsp3) is 0.125. The van der Waals surface area contributed by atoms with E-state index in [0.29, 0.717) is 17.8 Å². The molecule has 0 saturated carbocycles. The van der Waals surface area contributed by atoms with E-state index in [4.69, 9.17) is 4.74 Å². The van der Waals surface area contributed by atoms with Crippen LogP contribution in [0.25, 0.3) is 0 Å². The van der Waals surface area contributed by atoms with Crippen LogP contribution in [0.5, 0.6) is 5.75 Å². The lowest BCUT2D eigenvalue weighted by Crippen LogP contribution is -2.31. The number of benzene rings is 3. The van der Waals surface area contributed by atoms with Gasteiger partial charge in [0.2, 0.25) is 0 Å². The number of ether oxygens (including phenoxy) is 1. The molecule has 0 spiro atoms. The molecule has 3 aromatic carbocycles. The van der Waals surface area contributed by atoms with Gasteiger partial charge in [-0.3, -0.25) is 9.10 Å². The molecule has 0 atom stereocenters. The van der Waals surface area contributed by atoms with E-state index in [-0.39, 0.29) is 17.3 Å². The maximum Gasteiger partial charge on any atom is 0.264 e. The van der Waals surface area contributed by atoms with Crippen LogP contribution in [-0.4, -0.2) is 28.0 Å². The Bertz CT molecular complexity index is 1140. The van der Waals surface area contributed by atoms with Crippen molar-refractivity contribution < 1.29 is 17.9 Å². The van der Waals surface area contributed by atoms with Crippen LogP contribution in [-0.2, 0) is 16.6 Å². The second kappa shape index (κ2) is 9.95. The van der Waals surface area contributed by atoms with Crippen molar-refractivity contribution in [2.24, 2.45) is 0 Å². The van der Waals surface area contributed by atoms with Crippen molar-refractivity contribution >= 4 is 21.6 Å². The lowest BCUT2D eigenvalue weighted by Gasteiger charge is -2.23. The minimum Gasteiger partial charge on any atom is -0.497 e. The van der Waals surface area contributed by atoms with Crippen LogP contribution in [0.3, 0.4) is 0 Å². The third-order valence-corrected chi connectivity index (χ3v) is 6.44. The number of hydrogen-bond acceptors (Lipinski definition) is 4. The Labute approximate surface area is 182 Å². The molecule has 0 saturated heterocycles. The molecule has 0 aliphatic rings. The van der Waals surface area contributed by atoms with Crippen molar-refractivity contribution in [2.75, 3.05) is 18.0 Å². The Morgan fingerprint density at radius 3 is 2.39 bits per heavy atom. The Hall–Kier alpha value is -3.58. The van der Waals surface area contributed by atoms with Gasteiger partial charge in [-0.05, 0) is 54.1 Å². The highest BCUT2D eigenvalue weighted by Gasteiger charge is 2.23. The molecule has 0 aromatic heterocycles. The summed E-state index contributed by atoms with van der Waals surface area (Å²) < 4.78 is 32.5. The zero-order chi connectivity index (χ0) is 22.3. The summed E-state index contributed by atoms with van der Waals surface area (Å²) in [6.07, 6.45) is 1.52. The number of hydrogen-bond donors (Lipinski definition) is 1. The number of sulfonamides is 1. The number of methoxy groups -OCH3 is 1. The summed E-state index contributed by atoms with van der Waals surface area (Å²) in [6, 6.07) is 22.1. The predicted octanol–water partition coefficient (Wildman–Crippen LogP) is 4.01. The molecule has 160 valence electrons. The monoisotopic (exact) mass is 436 g/mol. The van der Waals surface area contributed by atoms with Crippen molar-refractivity contribution in [2.45, 2.75) is 11.4 Å². The highest BCUT2D eigenvalue weighted by Crippen LogP contribution is 2.24. The van der Waals surface area contributed by atoms with Gasteiger partial charge in [-0.1, -0.05) is 36.4 Å². The second-order valence-electron chi connectivity index (χ2n) is 6.72. The first-order valence-electron chi connectivity index (χ1n) is 9.65. The van der Waals surface area contributed by atoms with Crippen LogP contribution in [0.4, 0.5) is 5.69 Å². The van der Waals surface area contributed by atoms with Crippen molar-refractivity contribution in [1.29, 1.82) is 0 Å². The Morgan fingerprint density at radius 2 is 1.74 bits per heavy atom. The summed E-state index contributed by atoms with van der Waals surface area (Å²) in [5.41, 5.74) is 1.80. The average molecular weight is 437 g/mol. The summed E-state index contributed by atoms with van der Waals surface area (Å²) >= 11 is 0. The van der Waals surface area contributed by atoms with Crippen molar-refractivity contribution in [3.05, 3.63) is 103 Å². The van der Waals surface area contributed by atoms with Gasteiger partial charge in [0.05, 0.1) is 24.2 Å².